The van der Waals surface area contributed by atoms with E-state index in [9.17, 15) is 4.79 Å². The quantitative estimate of drug-likeness (QED) is 0.385. The fourth-order valence-corrected chi connectivity index (χ4v) is 5.01. The smallest absolute Gasteiger partial charge is 0.256 e. The number of aromatic nitrogens is 6. The van der Waals surface area contributed by atoms with Gasteiger partial charge in [-0.1, -0.05) is 48.9 Å². The molecular weight excluding hydrogens is 450 g/mol. The number of nitrogens with one attached hydrogen (secondary N) is 1. The van der Waals surface area contributed by atoms with Gasteiger partial charge in [-0.05, 0) is 38.0 Å². The Labute approximate surface area is 209 Å². The molecule has 1 aliphatic heterocycles. The van der Waals surface area contributed by atoms with Gasteiger partial charge in [-0.15, -0.1) is 10.2 Å². The van der Waals surface area contributed by atoms with Gasteiger partial charge in [-0.3, -0.25) is 9.48 Å². The number of amides is 1. The summed E-state index contributed by atoms with van der Waals surface area (Å²) in [6.07, 6.45) is 4.43. The molecule has 0 spiro atoms. The largest absolute Gasteiger partial charge is 0.322 e. The molecular formula is C28H27N7O. The van der Waals surface area contributed by atoms with Crippen molar-refractivity contribution in [1.29, 1.82) is 0 Å². The zero-order valence-electron chi connectivity index (χ0n) is 20.4. The molecule has 0 bridgehead atoms. The predicted octanol–water partition coefficient (Wildman–Crippen LogP) is 5.18. The number of fused-ring (bicyclic) bond motifs is 2. The summed E-state index contributed by atoms with van der Waals surface area (Å²) in [5.74, 6) is 1.69. The van der Waals surface area contributed by atoms with E-state index in [0.29, 0.717) is 16.9 Å². The molecule has 8 heteroatoms. The van der Waals surface area contributed by atoms with Crippen LogP contribution in [-0.2, 0) is 20.0 Å². The lowest BCUT2D eigenvalue weighted by atomic mass is 10.0. The summed E-state index contributed by atoms with van der Waals surface area (Å²) in [5, 5.41) is 17.3. The molecule has 0 radical (unpaired) electrons. The van der Waals surface area contributed by atoms with Crippen molar-refractivity contribution in [3.8, 4) is 22.6 Å². The standard InChI is InChI=1S/C28H27N7O/c1-18-25-22(17-23(19-10-5-3-6-11-19)30-27(25)34(2)33-18)28(36)29-21-13-9-12-20(16-21)26-32-31-24-14-7-4-8-15-35(24)26/h3,5-6,9-13,16-17H,4,7-8,14-15H2,1-2H3,(H,29,36). The molecule has 0 aliphatic carbocycles. The van der Waals surface area contributed by atoms with Crippen LogP contribution < -0.4 is 5.32 Å². The maximum absolute atomic E-state index is 13.6. The maximum atomic E-state index is 13.6. The summed E-state index contributed by atoms with van der Waals surface area (Å²) in [4.78, 5) is 18.5. The molecule has 0 unspecified atom stereocenters. The molecule has 0 atom stereocenters. The SMILES string of the molecule is Cc1nn(C)c2nc(-c3ccccc3)cc(C(=O)Nc3cccc(-c4nnc5n4CCCCC5)c3)c12. The number of benzene rings is 2. The number of aryl methyl sites for hydroxylation is 3. The van der Waals surface area contributed by atoms with Gasteiger partial charge in [0.1, 0.15) is 5.82 Å². The van der Waals surface area contributed by atoms with E-state index in [2.05, 4.69) is 25.2 Å². The van der Waals surface area contributed by atoms with Gasteiger partial charge in [0.15, 0.2) is 11.5 Å². The summed E-state index contributed by atoms with van der Waals surface area (Å²) in [5.41, 5.74) is 5.32. The number of pyridine rings is 1. The lowest BCUT2D eigenvalue weighted by Crippen LogP contribution is -2.13. The average molecular weight is 478 g/mol. The molecule has 2 aromatic carbocycles. The highest BCUT2D eigenvalue weighted by Crippen LogP contribution is 2.29. The third-order valence-electron chi connectivity index (χ3n) is 6.77. The number of hydrogen-bond donors (Lipinski definition) is 1. The minimum Gasteiger partial charge on any atom is -0.322 e. The Morgan fingerprint density at radius 1 is 0.944 bits per heavy atom. The van der Waals surface area contributed by atoms with E-state index in [0.717, 1.165) is 65.4 Å². The van der Waals surface area contributed by atoms with Gasteiger partial charge in [0, 0.05) is 36.8 Å². The summed E-state index contributed by atoms with van der Waals surface area (Å²) in [6, 6.07) is 19.5. The predicted molar refractivity (Wildman–Crippen MR) is 140 cm³/mol. The third-order valence-corrected chi connectivity index (χ3v) is 6.77. The number of rotatable bonds is 4. The first-order valence-corrected chi connectivity index (χ1v) is 12.3. The molecule has 0 fully saturated rings. The summed E-state index contributed by atoms with van der Waals surface area (Å²) in [6.45, 7) is 2.83. The van der Waals surface area contributed by atoms with Crippen molar-refractivity contribution in [2.24, 2.45) is 7.05 Å². The second-order valence-electron chi connectivity index (χ2n) is 9.27. The van der Waals surface area contributed by atoms with Crippen LogP contribution in [0.15, 0.2) is 60.7 Å². The lowest BCUT2D eigenvalue weighted by molar-refractivity contribution is 0.102. The molecule has 0 saturated carbocycles. The first kappa shape index (κ1) is 22.2. The monoisotopic (exact) mass is 477 g/mol. The Hall–Kier alpha value is -4.33. The average Bonchev–Trinajstić information content (AvgIpc) is 3.33. The summed E-state index contributed by atoms with van der Waals surface area (Å²) >= 11 is 0. The zero-order valence-corrected chi connectivity index (χ0v) is 20.4. The Morgan fingerprint density at radius 3 is 2.64 bits per heavy atom. The molecule has 3 aromatic heterocycles. The van der Waals surface area contributed by atoms with E-state index in [4.69, 9.17) is 4.98 Å². The Balaban J connectivity index is 1.37. The van der Waals surface area contributed by atoms with E-state index < -0.39 is 0 Å². The van der Waals surface area contributed by atoms with E-state index >= 15 is 0 Å². The minimum atomic E-state index is -0.201. The van der Waals surface area contributed by atoms with Crippen molar-refractivity contribution >= 4 is 22.6 Å². The van der Waals surface area contributed by atoms with Crippen LogP contribution in [0.2, 0.25) is 0 Å². The van der Waals surface area contributed by atoms with Crippen molar-refractivity contribution in [3.63, 3.8) is 0 Å². The van der Waals surface area contributed by atoms with Crippen LogP contribution in [0.4, 0.5) is 5.69 Å². The highest BCUT2D eigenvalue weighted by Gasteiger charge is 2.20. The Kier molecular flexibility index (Phi) is 5.56. The van der Waals surface area contributed by atoms with Crippen LogP contribution in [0.25, 0.3) is 33.7 Å². The zero-order chi connectivity index (χ0) is 24.6. The van der Waals surface area contributed by atoms with Crippen LogP contribution in [-0.4, -0.2) is 35.4 Å². The summed E-state index contributed by atoms with van der Waals surface area (Å²) < 4.78 is 3.94. The molecule has 5 aromatic rings. The fourth-order valence-electron chi connectivity index (χ4n) is 5.01. The molecule has 8 nitrogen and oxygen atoms in total. The van der Waals surface area contributed by atoms with Crippen molar-refractivity contribution < 1.29 is 4.79 Å². The molecule has 1 amide bonds. The van der Waals surface area contributed by atoms with Gasteiger partial charge in [0.05, 0.1) is 22.3 Å². The molecule has 1 N–H and O–H groups in total. The third kappa shape index (κ3) is 3.94. The van der Waals surface area contributed by atoms with E-state index in [1.54, 1.807) is 4.68 Å². The van der Waals surface area contributed by atoms with Gasteiger partial charge in [-0.2, -0.15) is 5.10 Å². The van der Waals surface area contributed by atoms with E-state index in [1.165, 1.54) is 6.42 Å². The topological polar surface area (TPSA) is 90.5 Å². The molecule has 4 heterocycles. The fraction of sp³-hybridized carbons (Fsp3) is 0.250. The van der Waals surface area contributed by atoms with Crippen molar-refractivity contribution in [3.05, 3.63) is 77.7 Å². The van der Waals surface area contributed by atoms with Gasteiger partial charge in [-0.25, -0.2) is 4.98 Å². The van der Waals surface area contributed by atoms with Crippen molar-refractivity contribution in [2.45, 2.75) is 39.2 Å². The lowest BCUT2D eigenvalue weighted by Gasteiger charge is -2.11. The second kappa shape index (κ2) is 9.03. The van der Waals surface area contributed by atoms with Crippen molar-refractivity contribution in [1.82, 2.24) is 29.5 Å². The highest BCUT2D eigenvalue weighted by atomic mass is 16.1. The van der Waals surface area contributed by atoms with E-state index in [1.807, 2.05) is 74.6 Å². The van der Waals surface area contributed by atoms with Crippen LogP contribution in [0, 0.1) is 6.92 Å². The molecule has 6 rings (SSSR count). The van der Waals surface area contributed by atoms with Gasteiger partial charge in [0.2, 0.25) is 0 Å². The van der Waals surface area contributed by atoms with E-state index in [-0.39, 0.29) is 5.91 Å². The van der Waals surface area contributed by atoms with Crippen LogP contribution in [0.5, 0.6) is 0 Å². The Morgan fingerprint density at radius 2 is 1.78 bits per heavy atom. The molecule has 36 heavy (non-hydrogen) atoms. The molecule has 180 valence electrons. The Bertz CT molecular complexity index is 1580. The number of carbonyl (C=O) groups excluding carboxylic acids is 1. The number of hydrogen-bond acceptors (Lipinski definition) is 5. The van der Waals surface area contributed by atoms with Crippen LogP contribution in [0.1, 0.15) is 41.1 Å². The summed E-state index contributed by atoms with van der Waals surface area (Å²) in [7, 11) is 1.85. The van der Waals surface area contributed by atoms with Crippen LogP contribution >= 0.6 is 0 Å². The number of nitrogens with zero attached hydrogens (tertiary/aromatic N) is 6. The first-order valence-electron chi connectivity index (χ1n) is 12.3. The highest BCUT2D eigenvalue weighted by molar-refractivity contribution is 6.13. The normalized spacial score (nSPS) is 13.4. The molecule has 1 aliphatic rings. The van der Waals surface area contributed by atoms with Gasteiger partial charge >= 0.3 is 0 Å². The first-order chi connectivity index (χ1) is 17.6. The molecule has 0 saturated heterocycles. The number of carbonyl (C=O) groups is 1. The maximum Gasteiger partial charge on any atom is 0.256 e. The van der Waals surface area contributed by atoms with Gasteiger partial charge in [0.25, 0.3) is 5.91 Å². The van der Waals surface area contributed by atoms with Gasteiger partial charge < -0.3 is 9.88 Å². The minimum absolute atomic E-state index is 0.201. The van der Waals surface area contributed by atoms with Crippen LogP contribution in [0.3, 0.4) is 0 Å². The second-order valence-corrected chi connectivity index (χ2v) is 9.27. The van der Waals surface area contributed by atoms with Crippen molar-refractivity contribution in [2.75, 3.05) is 5.32 Å². The number of anilines is 1.